The van der Waals surface area contributed by atoms with E-state index in [1.165, 1.54) is 12.1 Å². The van der Waals surface area contributed by atoms with Crippen LogP contribution in [0.5, 0.6) is 0 Å². The van der Waals surface area contributed by atoms with Gasteiger partial charge in [-0.05, 0) is 31.2 Å². The number of aliphatic hydroxyl groups excluding tert-OH is 1. The molecule has 96 valence electrons. The van der Waals surface area contributed by atoms with Crippen molar-refractivity contribution in [2.75, 3.05) is 11.9 Å². The Morgan fingerprint density at radius 1 is 1.39 bits per heavy atom. The molecule has 0 spiro atoms. The van der Waals surface area contributed by atoms with Crippen molar-refractivity contribution >= 4 is 5.69 Å². The van der Waals surface area contributed by atoms with Gasteiger partial charge in [-0.15, -0.1) is 0 Å². The Bertz CT molecular complexity index is 509. The zero-order valence-corrected chi connectivity index (χ0v) is 10.4. The van der Waals surface area contributed by atoms with Crippen LogP contribution in [0, 0.1) is 5.82 Å². The molecule has 18 heavy (non-hydrogen) atoms. The molecule has 0 aliphatic rings. The number of hydrogen-bond donors (Lipinski definition) is 1. The average molecular weight is 249 g/mol. The fourth-order valence-electron chi connectivity index (χ4n) is 1.95. The van der Waals surface area contributed by atoms with Crippen LogP contribution in [0.15, 0.2) is 41.2 Å². The summed E-state index contributed by atoms with van der Waals surface area (Å²) in [5, 5.41) is 9.69. The zero-order valence-electron chi connectivity index (χ0n) is 10.4. The Hall–Kier alpha value is -1.81. The monoisotopic (exact) mass is 249 g/mol. The minimum Gasteiger partial charge on any atom is -0.472 e. The van der Waals surface area contributed by atoms with E-state index in [0.29, 0.717) is 12.1 Å². The van der Waals surface area contributed by atoms with E-state index >= 15 is 0 Å². The van der Waals surface area contributed by atoms with Crippen LogP contribution in [0.2, 0.25) is 0 Å². The van der Waals surface area contributed by atoms with Gasteiger partial charge in [0, 0.05) is 30.4 Å². The Kier molecular flexibility index (Phi) is 3.67. The molecule has 2 rings (SSSR count). The molecule has 0 radical (unpaired) electrons. The number of nitrogens with zero attached hydrogens (tertiary/aromatic N) is 1. The number of furan rings is 1. The lowest BCUT2D eigenvalue weighted by molar-refractivity contribution is 0.199. The Morgan fingerprint density at radius 3 is 2.78 bits per heavy atom. The summed E-state index contributed by atoms with van der Waals surface area (Å²) >= 11 is 0. The van der Waals surface area contributed by atoms with Crippen LogP contribution in [0.4, 0.5) is 10.1 Å². The van der Waals surface area contributed by atoms with Crippen molar-refractivity contribution in [2.45, 2.75) is 19.6 Å². The van der Waals surface area contributed by atoms with Gasteiger partial charge < -0.3 is 14.4 Å². The van der Waals surface area contributed by atoms with Gasteiger partial charge in [-0.3, -0.25) is 0 Å². The highest BCUT2D eigenvalue weighted by atomic mass is 19.1. The molecular weight excluding hydrogens is 233 g/mol. The quantitative estimate of drug-likeness (QED) is 0.904. The molecule has 1 atom stereocenters. The lowest BCUT2D eigenvalue weighted by atomic mass is 10.1. The van der Waals surface area contributed by atoms with Crippen LogP contribution in [0.1, 0.15) is 24.2 Å². The van der Waals surface area contributed by atoms with E-state index in [-0.39, 0.29) is 5.82 Å². The van der Waals surface area contributed by atoms with Gasteiger partial charge in [0.1, 0.15) is 5.82 Å². The lowest BCUT2D eigenvalue weighted by Crippen LogP contribution is -2.18. The molecule has 0 bridgehead atoms. The van der Waals surface area contributed by atoms with Crippen LogP contribution >= 0.6 is 0 Å². The fraction of sp³-hybridized carbons (Fsp3) is 0.286. The topological polar surface area (TPSA) is 36.6 Å². The molecule has 0 unspecified atom stereocenters. The largest absolute Gasteiger partial charge is 0.472 e. The lowest BCUT2D eigenvalue weighted by Gasteiger charge is -2.23. The number of hydrogen-bond acceptors (Lipinski definition) is 3. The summed E-state index contributed by atoms with van der Waals surface area (Å²) in [6.45, 7) is 2.27. The SMILES string of the molecule is C[C@H](O)c1cc(F)ccc1N(C)Cc1ccoc1. The average Bonchev–Trinajstić information content (AvgIpc) is 2.81. The maximum Gasteiger partial charge on any atom is 0.123 e. The first-order valence-corrected chi connectivity index (χ1v) is 5.77. The minimum atomic E-state index is -0.706. The molecule has 1 heterocycles. The van der Waals surface area contributed by atoms with Gasteiger partial charge in [0.15, 0.2) is 0 Å². The van der Waals surface area contributed by atoms with E-state index in [1.54, 1.807) is 25.5 Å². The third-order valence-electron chi connectivity index (χ3n) is 2.85. The van der Waals surface area contributed by atoms with E-state index in [4.69, 9.17) is 4.42 Å². The molecule has 3 nitrogen and oxygen atoms in total. The number of aliphatic hydroxyl groups is 1. The van der Waals surface area contributed by atoms with Crippen molar-refractivity contribution in [3.63, 3.8) is 0 Å². The summed E-state index contributed by atoms with van der Waals surface area (Å²) in [5.74, 6) is -0.341. The normalized spacial score (nSPS) is 12.4. The standard InChI is InChI=1S/C14H16FNO2/c1-10(17)13-7-12(15)3-4-14(13)16(2)8-11-5-6-18-9-11/h3-7,9-10,17H,8H2,1-2H3/t10-/m0/s1. The van der Waals surface area contributed by atoms with Gasteiger partial charge in [0.2, 0.25) is 0 Å². The molecule has 0 aliphatic carbocycles. The molecule has 2 aromatic rings. The fourth-order valence-corrected chi connectivity index (χ4v) is 1.95. The molecule has 0 saturated carbocycles. The van der Waals surface area contributed by atoms with Gasteiger partial charge in [0.05, 0.1) is 18.6 Å². The van der Waals surface area contributed by atoms with Crippen LogP contribution in [-0.4, -0.2) is 12.2 Å². The third kappa shape index (κ3) is 2.71. The number of benzene rings is 1. The second-order valence-corrected chi connectivity index (χ2v) is 4.37. The number of rotatable bonds is 4. The smallest absolute Gasteiger partial charge is 0.123 e. The van der Waals surface area contributed by atoms with Crippen molar-refractivity contribution in [1.29, 1.82) is 0 Å². The molecule has 4 heteroatoms. The van der Waals surface area contributed by atoms with Gasteiger partial charge in [-0.1, -0.05) is 0 Å². The van der Waals surface area contributed by atoms with Crippen LogP contribution in [-0.2, 0) is 6.54 Å². The maximum atomic E-state index is 13.2. The van der Waals surface area contributed by atoms with Gasteiger partial charge in [-0.25, -0.2) is 4.39 Å². The van der Waals surface area contributed by atoms with Crippen LogP contribution < -0.4 is 4.90 Å². The molecule has 1 N–H and O–H groups in total. The summed E-state index contributed by atoms with van der Waals surface area (Å²) in [6.07, 6.45) is 2.58. The minimum absolute atomic E-state index is 0.341. The summed E-state index contributed by atoms with van der Waals surface area (Å²) in [7, 11) is 1.89. The zero-order chi connectivity index (χ0) is 13.1. The molecule has 0 fully saturated rings. The predicted octanol–water partition coefficient (Wildman–Crippen LogP) is 3.11. The highest BCUT2D eigenvalue weighted by molar-refractivity contribution is 5.54. The van der Waals surface area contributed by atoms with Crippen molar-refractivity contribution in [3.8, 4) is 0 Å². The second kappa shape index (κ2) is 5.23. The first-order chi connectivity index (χ1) is 8.58. The van der Waals surface area contributed by atoms with Crippen molar-refractivity contribution < 1.29 is 13.9 Å². The number of halogens is 1. The van der Waals surface area contributed by atoms with Gasteiger partial charge in [0.25, 0.3) is 0 Å². The van der Waals surface area contributed by atoms with Crippen LogP contribution in [0.3, 0.4) is 0 Å². The maximum absolute atomic E-state index is 13.2. The predicted molar refractivity (Wildman–Crippen MR) is 67.8 cm³/mol. The highest BCUT2D eigenvalue weighted by Crippen LogP contribution is 2.27. The van der Waals surface area contributed by atoms with Crippen molar-refractivity contribution in [3.05, 3.63) is 53.7 Å². The molecule has 1 aromatic heterocycles. The summed E-state index contributed by atoms with van der Waals surface area (Å²) in [4.78, 5) is 1.95. The van der Waals surface area contributed by atoms with Crippen molar-refractivity contribution in [1.82, 2.24) is 0 Å². The summed E-state index contributed by atoms with van der Waals surface area (Å²) in [5.41, 5.74) is 2.42. The molecule has 0 amide bonds. The van der Waals surface area contributed by atoms with Crippen molar-refractivity contribution in [2.24, 2.45) is 0 Å². The van der Waals surface area contributed by atoms with E-state index in [0.717, 1.165) is 11.3 Å². The molecular formula is C14H16FNO2. The highest BCUT2D eigenvalue weighted by Gasteiger charge is 2.13. The molecule has 0 saturated heterocycles. The second-order valence-electron chi connectivity index (χ2n) is 4.37. The van der Waals surface area contributed by atoms with E-state index < -0.39 is 6.10 Å². The third-order valence-corrected chi connectivity index (χ3v) is 2.85. The Morgan fingerprint density at radius 2 is 2.17 bits per heavy atom. The van der Waals surface area contributed by atoms with Gasteiger partial charge in [-0.2, -0.15) is 0 Å². The first-order valence-electron chi connectivity index (χ1n) is 5.77. The Labute approximate surface area is 105 Å². The molecule has 0 aliphatic heterocycles. The number of anilines is 1. The summed E-state index contributed by atoms with van der Waals surface area (Å²) in [6, 6.07) is 6.32. The van der Waals surface area contributed by atoms with E-state index in [9.17, 15) is 9.50 Å². The molecule has 1 aromatic carbocycles. The van der Waals surface area contributed by atoms with Crippen LogP contribution in [0.25, 0.3) is 0 Å². The Balaban J connectivity index is 2.26. The van der Waals surface area contributed by atoms with E-state index in [2.05, 4.69) is 0 Å². The van der Waals surface area contributed by atoms with E-state index in [1.807, 2.05) is 18.0 Å². The first kappa shape index (κ1) is 12.6. The van der Waals surface area contributed by atoms with Gasteiger partial charge >= 0.3 is 0 Å². The summed E-state index contributed by atoms with van der Waals surface area (Å²) < 4.78 is 18.2.